The molecule has 0 aromatic carbocycles. The Bertz CT molecular complexity index is 1150. The number of carbonyl (C=O) groups is 8. The zero-order chi connectivity index (χ0) is 34.9. The molecule has 4 atom stereocenters. The number of likely N-dealkylation sites (tertiary alicyclic amines) is 2. The van der Waals surface area contributed by atoms with E-state index < -0.39 is 58.8 Å². The lowest BCUT2D eigenvalue weighted by Crippen LogP contribution is -2.51. The van der Waals surface area contributed by atoms with Gasteiger partial charge < -0.3 is 41.8 Å². The van der Waals surface area contributed by atoms with Gasteiger partial charge in [-0.15, -0.1) is 23.5 Å². The predicted octanol–water partition coefficient (Wildman–Crippen LogP) is -5.03. The second-order valence-electron chi connectivity index (χ2n) is 10.5. The normalized spacial score (nSPS) is 19.3. The lowest BCUT2D eigenvalue weighted by Gasteiger charge is -2.27. The van der Waals surface area contributed by atoms with E-state index in [0.717, 1.165) is 33.3 Å². The topological polar surface area (TPSA) is 269 Å². The highest BCUT2D eigenvalue weighted by molar-refractivity contribution is 8.00. The molecule has 2 aliphatic heterocycles. The monoisotopic (exact) mass is 705 g/mol. The molecule has 0 saturated carbocycles. The molecule has 2 saturated heterocycles. The Hall–Kier alpha value is -3.14. The summed E-state index contributed by atoms with van der Waals surface area (Å²) in [6.45, 7) is -1.56. The van der Waals surface area contributed by atoms with Crippen LogP contribution in [0.1, 0.15) is 25.7 Å². The number of amides is 7. The van der Waals surface area contributed by atoms with Crippen molar-refractivity contribution in [2.24, 2.45) is 5.73 Å². The summed E-state index contributed by atoms with van der Waals surface area (Å²) in [6.07, 6.45) is -0.992. The summed E-state index contributed by atoms with van der Waals surface area (Å²) in [6, 6.07) is -1.03. The zero-order valence-corrected chi connectivity index (χ0v) is 27.5. The molecule has 0 spiro atoms. The van der Waals surface area contributed by atoms with E-state index in [0.29, 0.717) is 6.29 Å². The molecular weight excluding hydrogens is 662 g/mol. The molecule has 2 fully saturated rings. The second-order valence-corrected chi connectivity index (χ2v) is 13.0. The lowest BCUT2D eigenvalue weighted by atomic mass is 10.2. The van der Waals surface area contributed by atoms with Crippen LogP contribution in [-0.4, -0.2) is 171 Å². The Balaban J connectivity index is 1.64. The molecule has 20 heteroatoms. The van der Waals surface area contributed by atoms with Gasteiger partial charge in [0.05, 0.1) is 36.4 Å². The molecule has 47 heavy (non-hydrogen) atoms. The Morgan fingerprint density at radius 1 is 0.915 bits per heavy atom. The zero-order valence-electron chi connectivity index (χ0n) is 25.8. The maximum atomic E-state index is 12.7. The first-order valence-corrected chi connectivity index (χ1v) is 17.1. The molecule has 0 aliphatic carbocycles. The van der Waals surface area contributed by atoms with Gasteiger partial charge in [-0.2, -0.15) is 0 Å². The van der Waals surface area contributed by atoms with Gasteiger partial charge in [0, 0.05) is 76.6 Å². The third-order valence-corrected chi connectivity index (χ3v) is 9.40. The lowest BCUT2D eigenvalue weighted by molar-refractivity contribution is -0.140. The van der Waals surface area contributed by atoms with Gasteiger partial charge in [-0.05, 0) is 0 Å². The van der Waals surface area contributed by atoms with Crippen LogP contribution in [0.3, 0.4) is 0 Å². The summed E-state index contributed by atoms with van der Waals surface area (Å²) < 4.78 is 0. The molecule has 0 bridgehead atoms. The summed E-state index contributed by atoms with van der Waals surface area (Å²) in [4.78, 5) is 100. The minimum atomic E-state index is -1.14. The van der Waals surface area contributed by atoms with Crippen molar-refractivity contribution in [3.63, 3.8) is 0 Å². The van der Waals surface area contributed by atoms with Gasteiger partial charge in [-0.3, -0.25) is 48.3 Å². The van der Waals surface area contributed by atoms with Gasteiger partial charge in [-0.25, -0.2) is 0 Å². The molecule has 7 amide bonds. The maximum absolute atomic E-state index is 12.7. The number of imide groups is 2. The Morgan fingerprint density at radius 3 is 1.91 bits per heavy atom. The van der Waals surface area contributed by atoms with Crippen LogP contribution in [0.4, 0.5) is 0 Å². The third-order valence-electron chi connectivity index (χ3n) is 7.23. The van der Waals surface area contributed by atoms with Crippen LogP contribution in [0.25, 0.3) is 0 Å². The molecule has 264 valence electrons. The number of aliphatic hydroxyl groups excluding tert-OH is 3. The van der Waals surface area contributed by atoms with Crippen molar-refractivity contribution in [1.29, 1.82) is 0 Å². The smallest absolute Gasteiger partial charge is 0.242 e. The van der Waals surface area contributed by atoms with Crippen LogP contribution >= 0.6 is 23.5 Å². The number of thioether (sulfide) groups is 2. The highest BCUT2D eigenvalue weighted by atomic mass is 32.2. The van der Waals surface area contributed by atoms with Gasteiger partial charge in [-0.1, -0.05) is 0 Å². The standard InChI is InChI=1S/C27H43N7O11S2/c28-16-47-20-12-24(42)34(27(20)45)5-2-22(40)31-14-17(38)13-30-21(39)1-4-33-23(41)11-19(26(33)44)46-10-3-29-25(43)18(15-37)32(6-8-35)7-9-36/h8,17-20,36-38H,1-7,9-16,28H2,(H,29,43)(H,30,39)(H,31,40). The van der Waals surface area contributed by atoms with E-state index in [1.165, 1.54) is 4.90 Å². The maximum Gasteiger partial charge on any atom is 0.242 e. The molecule has 0 radical (unpaired) electrons. The average molecular weight is 706 g/mol. The summed E-state index contributed by atoms with van der Waals surface area (Å²) >= 11 is 2.31. The van der Waals surface area contributed by atoms with E-state index >= 15 is 0 Å². The number of rotatable bonds is 23. The highest BCUT2D eigenvalue weighted by Gasteiger charge is 2.39. The van der Waals surface area contributed by atoms with Crippen LogP contribution in [-0.2, 0) is 38.4 Å². The van der Waals surface area contributed by atoms with E-state index in [1.807, 2.05) is 0 Å². The number of nitrogens with two attached hydrogens (primary N) is 1. The van der Waals surface area contributed by atoms with Crippen molar-refractivity contribution in [2.45, 2.75) is 48.3 Å². The Kier molecular flexibility index (Phi) is 17.9. The number of hydrogen-bond acceptors (Lipinski definition) is 15. The van der Waals surface area contributed by atoms with Gasteiger partial charge >= 0.3 is 0 Å². The van der Waals surface area contributed by atoms with E-state index in [-0.39, 0.29) is 102 Å². The highest BCUT2D eigenvalue weighted by Crippen LogP contribution is 2.25. The van der Waals surface area contributed by atoms with Crippen LogP contribution in [0, 0.1) is 0 Å². The molecule has 0 aromatic heterocycles. The first kappa shape index (κ1) is 40.0. The number of aldehydes is 1. The average Bonchev–Trinajstić information content (AvgIpc) is 3.46. The largest absolute Gasteiger partial charge is 0.395 e. The quantitative estimate of drug-likeness (QED) is 0.0227. The first-order valence-electron chi connectivity index (χ1n) is 15.0. The summed E-state index contributed by atoms with van der Waals surface area (Å²) in [5.41, 5.74) is 5.42. The number of aliphatic hydroxyl groups is 3. The molecule has 0 aromatic rings. The third kappa shape index (κ3) is 12.8. The van der Waals surface area contributed by atoms with Gasteiger partial charge in [0.2, 0.25) is 41.4 Å². The van der Waals surface area contributed by atoms with Gasteiger partial charge in [0.25, 0.3) is 0 Å². The van der Waals surface area contributed by atoms with Crippen molar-refractivity contribution in [3.8, 4) is 0 Å². The second kappa shape index (κ2) is 21.0. The molecule has 2 aliphatic rings. The van der Waals surface area contributed by atoms with Crippen LogP contribution < -0.4 is 21.7 Å². The first-order chi connectivity index (χ1) is 22.5. The van der Waals surface area contributed by atoms with Crippen molar-refractivity contribution in [1.82, 2.24) is 30.7 Å². The van der Waals surface area contributed by atoms with Crippen molar-refractivity contribution < 1.29 is 53.7 Å². The fourth-order valence-electron chi connectivity index (χ4n) is 4.75. The van der Waals surface area contributed by atoms with Crippen molar-refractivity contribution >= 4 is 71.2 Å². The predicted molar refractivity (Wildman–Crippen MR) is 169 cm³/mol. The SMILES string of the molecule is NCSC1CC(=O)N(CCC(=O)NCC(O)CNC(=O)CCN2C(=O)CC(SCCNC(=O)C(CO)N(CC=O)CCO)C2=O)C1=O. The van der Waals surface area contributed by atoms with E-state index in [1.54, 1.807) is 0 Å². The molecule has 4 unspecified atom stereocenters. The Labute approximate surface area is 279 Å². The van der Waals surface area contributed by atoms with Gasteiger partial charge in [0.1, 0.15) is 12.3 Å². The van der Waals surface area contributed by atoms with Crippen molar-refractivity contribution in [3.05, 3.63) is 0 Å². The number of hydrogen-bond donors (Lipinski definition) is 7. The summed E-state index contributed by atoms with van der Waals surface area (Å²) in [7, 11) is 0. The minimum absolute atomic E-state index is 0.0166. The van der Waals surface area contributed by atoms with Crippen LogP contribution in [0.5, 0.6) is 0 Å². The number of carbonyl (C=O) groups excluding carboxylic acids is 8. The number of nitrogens with one attached hydrogen (secondary N) is 3. The summed E-state index contributed by atoms with van der Waals surface area (Å²) in [5.74, 6) is -2.81. The molecule has 18 nitrogen and oxygen atoms in total. The summed E-state index contributed by atoms with van der Waals surface area (Å²) in [5, 5.41) is 35.1. The van der Waals surface area contributed by atoms with Crippen LogP contribution in [0.2, 0.25) is 0 Å². The minimum Gasteiger partial charge on any atom is -0.395 e. The van der Waals surface area contributed by atoms with Crippen molar-refractivity contribution in [2.75, 3.05) is 70.7 Å². The van der Waals surface area contributed by atoms with E-state index in [4.69, 9.17) is 10.8 Å². The Morgan fingerprint density at radius 2 is 1.45 bits per heavy atom. The molecular formula is C27H43N7O11S2. The molecule has 2 heterocycles. The molecule has 2 rings (SSSR count). The van der Waals surface area contributed by atoms with E-state index in [9.17, 15) is 48.6 Å². The fourth-order valence-corrected chi connectivity index (χ4v) is 6.54. The van der Waals surface area contributed by atoms with E-state index in [2.05, 4.69) is 16.0 Å². The molecule has 8 N–H and O–H groups in total. The number of nitrogens with zero attached hydrogens (tertiary/aromatic N) is 3. The van der Waals surface area contributed by atoms with Gasteiger partial charge in [0.15, 0.2) is 0 Å². The fraction of sp³-hybridized carbons (Fsp3) is 0.704. The van der Waals surface area contributed by atoms with Crippen LogP contribution in [0.15, 0.2) is 0 Å².